The van der Waals surface area contributed by atoms with Gasteiger partial charge in [0.25, 0.3) is 0 Å². The van der Waals surface area contributed by atoms with E-state index in [1.54, 1.807) is 11.3 Å². The van der Waals surface area contributed by atoms with Crippen LogP contribution >= 0.6 is 35.3 Å². The van der Waals surface area contributed by atoms with E-state index in [0.29, 0.717) is 12.5 Å². The first-order valence-electron chi connectivity index (χ1n) is 5.68. The quantitative estimate of drug-likeness (QED) is 0.482. The van der Waals surface area contributed by atoms with Crippen molar-refractivity contribution in [1.29, 1.82) is 0 Å². The topological polar surface area (TPSA) is 63.3 Å². The number of nitrogens with zero attached hydrogens (tertiary/aromatic N) is 2. The number of hydrogen-bond donors (Lipinski definition) is 2. The normalized spacial score (nSPS) is 10.9. The van der Waals surface area contributed by atoms with Crippen LogP contribution in [0, 0.1) is 13.8 Å². The van der Waals surface area contributed by atoms with Crippen LogP contribution in [0.25, 0.3) is 0 Å². The molecule has 0 spiro atoms. The molecular weight excluding hydrogens is 371 g/mol. The van der Waals surface area contributed by atoms with Crippen LogP contribution in [0.1, 0.15) is 15.4 Å². The minimum atomic E-state index is 0. The van der Waals surface area contributed by atoms with Gasteiger partial charge in [0.1, 0.15) is 0 Å². The number of nitrogens with two attached hydrogens (primary N) is 1. The average molecular weight is 388 g/mol. The molecule has 4 nitrogen and oxygen atoms in total. The van der Waals surface area contributed by atoms with Crippen molar-refractivity contribution in [2.45, 2.75) is 20.4 Å². The first-order chi connectivity index (χ1) is 8.63. The molecular formula is C13H17IN4S. The fourth-order valence-electron chi connectivity index (χ4n) is 1.47. The number of halogens is 1. The van der Waals surface area contributed by atoms with Crippen LogP contribution in [0.15, 0.2) is 35.5 Å². The smallest absolute Gasteiger partial charge is 0.193 e. The second kappa shape index (κ2) is 7.44. The zero-order valence-corrected chi connectivity index (χ0v) is 14.0. The highest BCUT2D eigenvalue weighted by Crippen LogP contribution is 2.12. The van der Waals surface area contributed by atoms with Crippen LogP contribution in [0.2, 0.25) is 0 Å². The van der Waals surface area contributed by atoms with Gasteiger partial charge in [0.2, 0.25) is 0 Å². The lowest BCUT2D eigenvalue weighted by molar-refractivity contribution is 1.08. The summed E-state index contributed by atoms with van der Waals surface area (Å²) < 4.78 is 0. The lowest BCUT2D eigenvalue weighted by Crippen LogP contribution is -2.22. The van der Waals surface area contributed by atoms with E-state index in [2.05, 4.69) is 15.3 Å². The number of benzene rings is 1. The second-order valence-electron chi connectivity index (χ2n) is 4.04. The Labute approximate surface area is 134 Å². The van der Waals surface area contributed by atoms with Gasteiger partial charge < -0.3 is 11.1 Å². The molecule has 0 atom stereocenters. The van der Waals surface area contributed by atoms with Crippen LogP contribution in [-0.2, 0) is 6.54 Å². The minimum absolute atomic E-state index is 0. The van der Waals surface area contributed by atoms with Crippen LogP contribution in [-0.4, -0.2) is 10.9 Å². The summed E-state index contributed by atoms with van der Waals surface area (Å²) in [5, 5.41) is 4.10. The third-order valence-electron chi connectivity index (χ3n) is 2.40. The van der Waals surface area contributed by atoms with Crippen molar-refractivity contribution in [3.8, 4) is 0 Å². The third-order valence-corrected chi connectivity index (χ3v) is 3.30. The maximum atomic E-state index is 5.82. The van der Waals surface area contributed by atoms with Crippen molar-refractivity contribution in [2.75, 3.05) is 5.32 Å². The molecule has 0 unspecified atom stereocenters. The predicted octanol–water partition coefficient (Wildman–Crippen LogP) is 3.30. The summed E-state index contributed by atoms with van der Waals surface area (Å²) in [4.78, 5) is 9.57. The Bertz CT molecular complexity index is 548. The van der Waals surface area contributed by atoms with E-state index < -0.39 is 0 Å². The van der Waals surface area contributed by atoms with Crippen LogP contribution in [0.5, 0.6) is 0 Å². The Morgan fingerprint density at radius 2 is 2.00 bits per heavy atom. The minimum Gasteiger partial charge on any atom is -0.370 e. The molecule has 1 aromatic carbocycles. The Morgan fingerprint density at radius 1 is 1.32 bits per heavy atom. The van der Waals surface area contributed by atoms with Gasteiger partial charge >= 0.3 is 0 Å². The first-order valence-corrected chi connectivity index (χ1v) is 6.50. The van der Waals surface area contributed by atoms with Crippen LogP contribution in [0.3, 0.4) is 0 Å². The maximum absolute atomic E-state index is 5.82. The Balaban J connectivity index is 0.00000180. The van der Waals surface area contributed by atoms with Crippen LogP contribution < -0.4 is 11.1 Å². The summed E-state index contributed by atoms with van der Waals surface area (Å²) in [5.41, 5.74) is 7.99. The van der Waals surface area contributed by atoms with Gasteiger partial charge in [-0.1, -0.05) is 17.7 Å². The highest BCUT2D eigenvalue weighted by molar-refractivity contribution is 14.0. The monoisotopic (exact) mass is 388 g/mol. The van der Waals surface area contributed by atoms with E-state index in [-0.39, 0.29) is 24.0 Å². The first kappa shape index (κ1) is 15.9. The van der Waals surface area contributed by atoms with Gasteiger partial charge in [-0.25, -0.2) is 9.98 Å². The SMILES string of the molecule is Cc1ccc(NC(N)=NCc2cnc(C)s2)cc1.I. The number of aryl methyl sites for hydroxylation is 2. The van der Waals surface area contributed by atoms with Crippen molar-refractivity contribution < 1.29 is 0 Å². The van der Waals surface area contributed by atoms with Crippen LogP contribution in [0.4, 0.5) is 5.69 Å². The van der Waals surface area contributed by atoms with E-state index in [0.717, 1.165) is 15.6 Å². The van der Waals surface area contributed by atoms with Gasteiger partial charge in [-0.2, -0.15) is 0 Å². The number of nitrogens with one attached hydrogen (secondary N) is 1. The van der Waals surface area contributed by atoms with E-state index in [1.165, 1.54) is 5.56 Å². The number of anilines is 1. The van der Waals surface area contributed by atoms with Crippen molar-refractivity contribution in [2.24, 2.45) is 10.7 Å². The molecule has 1 heterocycles. The zero-order valence-electron chi connectivity index (χ0n) is 10.9. The summed E-state index contributed by atoms with van der Waals surface area (Å²) in [7, 11) is 0. The Kier molecular flexibility index (Phi) is 6.23. The molecule has 0 amide bonds. The highest BCUT2D eigenvalue weighted by Gasteiger charge is 1.98. The predicted molar refractivity (Wildman–Crippen MR) is 92.4 cm³/mol. The van der Waals surface area contributed by atoms with E-state index >= 15 is 0 Å². The molecule has 0 radical (unpaired) electrons. The summed E-state index contributed by atoms with van der Waals surface area (Å²) in [5.74, 6) is 0.421. The molecule has 0 fully saturated rings. The molecule has 0 aliphatic carbocycles. The lowest BCUT2D eigenvalue weighted by atomic mass is 10.2. The molecule has 0 saturated heterocycles. The van der Waals surface area contributed by atoms with E-state index in [4.69, 9.17) is 5.73 Å². The fraction of sp³-hybridized carbons (Fsp3) is 0.231. The lowest BCUT2D eigenvalue weighted by Gasteiger charge is -2.05. The van der Waals surface area contributed by atoms with Gasteiger partial charge in [-0.3, -0.25) is 0 Å². The molecule has 3 N–H and O–H groups in total. The second-order valence-corrected chi connectivity index (χ2v) is 5.36. The summed E-state index contributed by atoms with van der Waals surface area (Å²) >= 11 is 1.64. The number of thiazole rings is 1. The number of hydrogen-bond acceptors (Lipinski definition) is 3. The Hall–Kier alpha value is -1.15. The fourth-order valence-corrected chi connectivity index (χ4v) is 2.19. The van der Waals surface area contributed by atoms with Crippen molar-refractivity contribution in [3.63, 3.8) is 0 Å². The van der Waals surface area contributed by atoms with Gasteiger partial charge in [0.15, 0.2) is 5.96 Å². The number of aliphatic imine (C=N–C) groups is 1. The molecule has 19 heavy (non-hydrogen) atoms. The number of guanidine groups is 1. The summed E-state index contributed by atoms with van der Waals surface area (Å²) in [6.45, 7) is 4.59. The van der Waals surface area contributed by atoms with Gasteiger partial charge in [-0.15, -0.1) is 35.3 Å². The third kappa shape index (κ3) is 5.15. The zero-order chi connectivity index (χ0) is 13.0. The largest absolute Gasteiger partial charge is 0.370 e. The van der Waals surface area contributed by atoms with Gasteiger partial charge in [-0.05, 0) is 26.0 Å². The van der Waals surface area contributed by atoms with Crippen molar-refractivity contribution >= 4 is 47.0 Å². The van der Waals surface area contributed by atoms with Gasteiger partial charge in [0.05, 0.1) is 11.6 Å². The van der Waals surface area contributed by atoms with E-state index in [1.807, 2.05) is 44.3 Å². The maximum Gasteiger partial charge on any atom is 0.193 e. The number of aromatic nitrogens is 1. The molecule has 0 aliphatic rings. The Morgan fingerprint density at radius 3 is 2.58 bits per heavy atom. The average Bonchev–Trinajstić information content (AvgIpc) is 2.76. The van der Waals surface area contributed by atoms with Gasteiger partial charge in [0, 0.05) is 16.8 Å². The molecule has 0 aliphatic heterocycles. The molecule has 0 bridgehead atoms. The molecule has 0 saturated carbocycles. The summed E-state index contributed by atoms with van der Waals surface area (Å²) in [6, 6.07) is 8.02. The summed E-state index contributed by atoms with van der Waals surface area (Å²) in [6.07, 6.45) is 1.84. The van der Waals surface area contributed by atoms with E-state index in [9.17, 15) is 0 Å². The molecule has 1 aromatic heterocycles. The molecule has 102 valence electrons. The number of rotatable bonds is 3. The molecule has 2 aromatic rings. The molecule has 2 rings (SSSR count). The standard InChI is InChI=1S/C13H16N4S.HI/c1-9-3-5-11(6-4-9)17-13(14)16-8-12-7-15-10(2)18-12;/h3-7H,8H2,1-2H3,(H3,14,16,17);1H. The highest BCUT2D eigenvalue weighted by atomic mass is 127. The van der Waals surface area contributed by atoms with Crippen molar-refractivity contribution in [1.82, 2.24) is 4.98 Å². The van der Waals surface area contributed by atoms with Crippen molar-refractivity contribution in [3.05, 3.63) is 45.9 Å². The molecule has 6 heteroatoms.